The number of hydrogen-bond acceptors (Lipinski definition) is 5. The van der Waals surface area contributed by atoms with Crippen LogP contribution >= 0.6 is 0 Å². The van der Waals surface area contributed by atoms with E-state index in [4.69, 9.17) is 9.47 Å². The summed E-state index contributed by atoms with van der Waals surface area (Å²) >= 11 is 0. The summed E-state index contributed by atoms with van der Waals surface area (Å²) in [6.07, 6.45) is 2.37. The lowest BCUT2D eigenvalue weighted by Crippen LogP contribution is -2.41. The first-order valence-electron chi connectivity index (χ1n) is 8.09. The Morgan fingerprint density at radius 3 is 2.00 bits per heavy atom. The van der Waals surface area contributed by atoms with Gasteiger partial charge in [0, 0.05) is 5.41 Å². The molecule has 126 valence electrons. The normalized spacial score (nSPS) is 27.2. The van der Waals surface area contributed by atoms with Gasteiger partial charge in [-0.15, -0.1) is 0 Å². The number of carbonyl (C=O) groups is 3. The van der Waals surface area contributed by atoms with Crippen molar-refractivity contribution in [1.29, 1.82) is 0 Å². The molecule has 3 aliphatic carbocycles. The molecule has 1 spiro atoms. The molecule has 0 bridgehead atoms. The molecule has 0 aliphatic heterocycles. The fourth-order valence-corrected chi connectivity index (χ4v) is 6.81. The summed E-state index contributed by atoms with van der Waals surface area (Å²) in [6.45, 7) is 6.46. The van der Waals surface area contributed by atoms with E-state index in [9.17, 15) is 14.4 Å². The van der Waals surface area contributed by atoms with Crippen LogP contribution in [0.4, 0.5) is 0 Å². The average molecular weight is 336 g/mol. The van der Waals surface area contributed by atoms with Gasteiger partial charge in [0.05, 0.1) is 22.3 Å². The first kappa shape index (κ1) is 16.4. The number of methoxy groups -OCH3 is 2. The Hall–Kier alpha value is -1.43. The Labute approximate surface area is 137 Å². The van der Waals surface area contributed by atoms with E-state index in [-0.39, 0.29) is 17.8 Å². The highest BCUT2D eigenvalue weighted by Gasteiger charge is 2.70. The second kappa shape index (κ2) is 4.78. The lowest BCUT2D eigenvalue weighted by Gasteiger charge is -2.26. The van der Waals surface area contributed by atoms with Crippen LogP contribution in [-0.2, 0) is 23.9 Å². The maximum Gasteiger partial charge on any atom is 0.323 e. The van der Waals surface area contributed by atoms with Gasteiger partial charge in [0.25, 0.3) is 0 Å². The zero-order chi connectivity index (χ0) is 17.2. The fraction of sp³-hybridized carbons (Fsp3) is 0.706. The third kappa shape index (κ3) is 2.00. The fourth-order valence-electron chi connectivity index (χ4n) is 4.65. The summed E-state index contributed by atoms with van der Waals surface area (Å²) in [6, 6.07) is 0. The first-order valence-corrected chi connectivity index (χ1v) is 11.6. The minimum Gasteiger partial charge on any atom is -0.468 e. The molecular weight excluding hydrogens is 312 g/mol. The van der Waals surface area contributed by atoms with Crippen molar-refractivity contribution in [2.24, 2.45) is 16.7 Å². The van der Waals surface area contributed by atoms with Gasteiger partial charge in [-0.3, -0.25) is 14.4 Å². The average Bonchev–Trinajstić information content (AvgIpc) is 3.15. The molecule has 1 atom stereocenters. The number of esters is 2. The minimum atomic E-state index is -1.85. The van der Waals surface area contributed by atoms with Crippen molar-refractivity contribution in [3.8, 4) is 0 Å². The van der Waals surface area contributed by atoms with Crippen LogP contribution in [-0.4, -0.2) is 40.0 Å². The van der Waals surface area contributed by atoms with Crippen molar-refractivity contribution in [3.05, 3.63) is 10.8 Å². The summed E-state index contributed by atoms with van der Waals surface area (Å²) in [7, 11) is 0.749. The van der Waals surface area contributed by atoms with E-state index >= 15 is 0 Å². The van der Waals surface area contributed by atoms with Crippen LogP contribution < -0.4 is 0 Å². The van der Waals surface area contributed by atoms with Gasteiger partial charge in [-0.2, -0.15) is 0 Å². The second-order valence-corrected chi connectivity index (χ2v) is 13.1. The van der Waals surface area contributed by atoms with Crippen molar-refractivity contribution in [2.45, 2.75) is 45.3 Å². The highest BCUT2D eigenvalue weighted by Crippen LogP contribution is 2.69. The van der Waals surface area contributed by atoms with Crippen LogP contribution in [0, 0.1) is 16.7 Å². The van der Waals surface area contributed by atoms with E-state index in [0.29, 0.717) is 12.2 Å². The number of ether oxygens (including phenoxy) is 2. The number of hydrogen-bond donors (Lipinski definition) is 0. The molecule has 5 nitrogen and oxygen atoms in total. The minimum absolute atomic E-state index is 0.00919. The molecule has 0 N–H and O–H groups in total. The Bertz CT molecular complexity index is 620. The predicted molar refractivity (Wildman–Crippen MR) is 86.2 cm³/mol. The van der Waals surface area contributed by atoms with Crippen molar-refractivity contribution in [1.82, 2.24) is 0 Å². The van der Waals surface area contributed by atoms with E-state index < -0.39 is 25.4 Å². The molecule has 1 unspecified atom stereocenters. The molecule has 0 aromatic heterocycles. The number of Topliss-reactive ketones (excluding diaryl/α,β-unsaturated/α-hetero) is 1. The number of carbonyl (C=O) groups excluding carboxylic acids is 3. The third-order valence-electron chi connectivity index (χ3n) is 5.82. The molecular formula is C17H24O5Si. The number of allylic oxidation sites excluding steroid dienone is 2. The molecule has 23 heavy (non-hydrogen) atoms. The van der Waals surface area contributed by atoms with Gasteiger partial charge in [-0.1, -0.05) is 25.2 Å². The molecule has 3 aliphatic rings. The lowest BCUT2D eigenvalue weighted by atomic mass is 9.80. The van der Waals surface area contributed by atoms with Gasteiger partial charge in [0.2, 0.25) is 0 Å². The molecule has 3 rings (SSSR count). The van der Waals surface area contributed by atoms with Crippen LogP contribution in [0.15, 0.2) is 10.8 Å². The first-order chi connectivity index (χ1) is 10.6. The van der Waals surface area contributed by atoms with Gasteiger partial charge < -0.3 is 9.47 Å². The number of rotatable bonds is 3. The molecule has 0 radical (unpaired) electrons. The molecule has 2 saturated carbocycles. The summed E-state index contributed by atoms with van der Waals surface area (Å²) in [5.74, 6) is -0.774. The Balaban J connectivity index is 2.13. The zero-order valence-electron chi connectivity index (χ0n) is 14.4. The highest BCUT2D eigenvalue weighted by molar-refractivity contribution is 6.87. The van der Waals surface area contributed by atoms with Crippen LogP contribution in [0.1, 0.15) is 25.7 Å². The van der Waals surface area contributed by atoms with Crippen molar-refractivity contribution < 1.29 is 23.9 Å². The van der Waals surface area contributed by atoms with E-state index in [2.05, 4.69) is 19.6 Å². The van der Waals surface area contributed by atoms with Gasteiger partial charge in [0.15, 0.2) is 11.2 Å². The van der Waals surface area contributed by atoms with Crippen LogP contribution in [0.5, 0.6) is 0 Å². The summed E-state index contributed by atoms with van der Waals surface area (Å²) < 4.78 is 9.85. The van der Waals surface area contributed by atoms with Crippen LogP contribution in [0.3, 0.4) is 0 Å². The van der Waals surface area contributed by atoms with E-state index in [1.807, 2.05) is 0 Å². The van der Waals surface area contributed by atoms with Gasteiger partial charge >= 0.3 is 11.9 Å². The molecule has 0 aromatic carbocycles. The predicted octanol–water partition coefficient (Wildman–Crippen LogP) is 2.27. The summed E-state index contributed by atoms with van der Waals surface area (Å²) in [4.78, 5) is 37.8. The monoisotopic (exact) mass is 336 g/mol. The Kier molecular flexibility index (Phi) is 3.42. The topological polar surface area (TPSA) is 69.7 Å². The molecule has 0 saturated heterocycles. The van der Waals surface area contributed by atoms with Crippen LogP contribution in [0.25, 0.3) is 0 Å². The number of fused-ring (bicyclic) bond motifs is 2. The maximum atomic E-state index is 13.0. The molecule has 0 aromatic rings. The highest BCUT2D eigenvalue weighted by atomic mass is 28.3. The van der Waals surface area contributed by atoms with Gasteiger partial charge in [-0.25, -0.2) is 0 Å². The van der Waals surface area contributed by atoms with E-state index in [1.165, 1.54) is 14.2 Å². The summed E-state index contributed by atoms with van der Waals surface area (Å²) in [5.41, 5.74) is -0.568. The Morgan fingerprint density at radius 1 is 1.09 bits per heavy atom. The smallest absolute Gasteiger partial charge is 0.323 e. The second-order valence-electron chi connectivity index (χ2n) is 8.13. The Morgan fingerprint density at radius 2 is 1.61 bits per heavy atom. The van der Waals surface area contributed by atoms with Gasteiger partial charge in [-0.05, 0) is 36.8 Å². The zero-order valence-corrected chi connectivity index (χ0v) is 15.4. The quantitative estimate of drug-likeness (QED) is 0.449. The molecule has 0 heterocycles. The number of ketones is 1. The van der Waals surface area contributed by atoms with Crippen molar-refractivity contribution in [3.63, 3.8) is 0 Å². The largest absolute Gasteiger partial charge is 0.468 e. The molecule has 6 heteroatoms. The van der Waals surface area contributed by atoms with E-state index in [1.54, 1.807) is 0 Å². The maximum absolute atomic E-state index is 13.0. The van der Waals surface area contributed by atoms with E-state index in [0.717, 1.165) is 23.6 Å². The standard InChI is InChI=1S/C17H24O5Si/c1-21-14(19)17(15(20)22-2)8-10-11(9-17)16(6-7-16)13(18)12(10)23(3,4)5/h11H,6-9H2,1-5H3. The third-order valence-corrected chi connectivity index (χ3v) is 7.87. The SMILES string of the molecule is COC(=O)C1(C(=O)OC)CC2=C([Si](C)(C)C)C(=O)C3(CC3)C2C1. The summed E-state index contributed by atoms with van der Waals surface area (Å²) in [5, 5.41) is 0.953. The van der Waals surface area contributed by atoms with Crippen LogP contribution in [0.2, 0.25) is 19.6 Å². The molecule has 0 amide bonds. The molecule has 2 fully saturated rings. The van der Waals surface area contributed by atoms with Gasteiger partial charge in [0.1, 0.15) is 0 Å². The van der Waals surface area contributed by atoms with Crippen molar-refractivity contribution in [2.75, 3.05) is 14.2 Å². The van der Waals surface area contributed by atoms with Crippen molar-refractivity contribution >= 4 is 25.8 Å². The lowest BCUT2D eigenvalue weighted by molar-refractivity contribution is -0.169.